The number of rotatable bonds is 5. The Kier molecular flexibility index (Phi) is 5.64. The number of carbonyl (C=O) groups excluding carboxylic acids is 2. The summed E-state index contributed by atoms with van der Waals surface area (Å²) in [5, 5.41) is 0.467. The van der Waals surface area contributed by atoms with Crippen molar-refractivity contribution < 1.29 is 9.59 Å². The molecule has 0 heterocycles. The highest BCUT2D eigenvalue weighted by Crippen LogP contribution is 2.29. The first-order valence-electron chi connectivity index (χ1n) is 7.00. The molecule has 4 nitrogen and oxygen atoms in total. The van der Waals surface area contributed by atoms with E-state index in [2.05, 4.69) is 0 Å². The largest absolute Gasteiger partial charge is 0.368 e. The minimum Gasteiger partial charge on any atom is -0.368 e. The van der Waals surface area contributed by atoms with Crippen molar-refractivity contribution in [3.8, 4) is 0 Å². The Balaban J connectivity index is 2.42. The predicted octanol–water partition coefficient (Wildman–Crippen LogP) is 3.68. The van der Waals surface area contributed by atoms with Crippen LogP contribution in [0.2, 0.25) is 10.0 Å². The van der Waals surface area contributed by atoms with Crippen molar-refractivity contribution >= 4 is 35.0 Å². The van der Waals surface area contributed by atoms with Crippen molar-refractivity contribution in [2.45, 2.75) is 13.0 Å². The lowest BCUT2D eigenvalue weighted by Gasteiger charge is -2.29. The highest BCUT2D eigenvalue weighted by atomic mass is 35.5. The maximum atomic E-state index is 12.9. The molecule has 0 saturated heterocycles. The first-order chi connectivity index (χ1) is 10.9. The number of amides is 2. The Labute approximate surface area is 144 Å². The smallest absolute Gasteiger partial charge is 0.257 e. The number of benzene rings is 2. The minimum atomic E-state index is -0.607. The second-order valence-corrected chi connectivity index (χ2v) is 5.90. The number of hydrogen-bond donors (Lipinski definition) is 1. The highest BCUT2D eigenvalue weighted by molar-refractivity contribution is 6.39. The summed E-state index contributed by atoms with van der Waals surface area (Å²) in [6, 6.07) is 13.8. The van der Waals surface area contributed by atoms with E-state index in [0.29, 0.717) is 0 Å². The van der Waals surface area contributed by atoms with Crippen LogP contribution in [-0.4, -0.2) is 23.3 Å². The van der Waals surface area contributed by atoms with Gasteiger partial charge < -0.3 is 10.6 Å². The van der Waals surface area contributed by atoms with Crippen LogP contribution in [0.1, 0.15) is 28.9 Å². The predicted molar refractivity (Wildman–Crippen MR) is 91.5 cm³/mol. The van der Waals surface area contributed by atoms with Gasteiger partial charge in [-0.25, -0.2) is 0 Å². The van der Waals surface area contributed by atoms with Crippen LogP contribution >= 0.6 is 23.2 Å². The lowest BCUT2D eigenvalue weighted by Crippen LogP contribution is -2.40. The third-order valence-corrected chi connectivity index (χ3v) is 4.14. The number of primary amides is 1. The van der Waals surface area contributed by atoms with Gasteiger partial charge in [0.25, 0.3) is 5.91 Å². The zero-order valence-corrected chi connectivity index (χ0v) is 14.0. The lowest BCUT2D eigenvalue weighted by atomic mass is 10.1. The van der Waals surface area contributed by atoms with Gasteiger partial charge in [0.15, 0.2) is 0 Å². The average Bonchev–Trinajstić information content (AvgIpc) is 2.52. The van der Waals surface area contributed by atoms with Gasteiger partial charge in [-0.15, -0.1) is 0 Å². The van der Waals surface area contributed by atoms with E-state index in [-0.39, 0.29) is 28.2 Å². The molecule has 2 rings (SSSR count). The van der Waals surface area contributed by atoms with Crippen molar-refractivity contribution in [2.75, 3.05) is 6.54 Å². The third-order valence-electron chi connectivity index (χ3n) is 3.51. The number of halogens is 2. The molecule has 0 aromatic heterocycles. The van der Waals surface area contributed by atoms with E-state index in [0.717, 1.165) is 5.56 Å². The van der Waals surface area contributed by atoms with Gasteiger partial charge in [-0.2, -0.15) is 0 Å². The molecule has 0 aliphatic rings. The van der Waals surface area contributed by atoms with Crippen molar-refractivity contribution in [2.24, 2.45) is 5.73 Å². The van der Waals surface area contributed by atoms with Gasteiger partial charge in [0.2, 0.25) is 5.91 Å². The third kappa shape index (κ3) is 4.03. The fourth-order valence-electron chi connectivity index (χ4n) is 2.31. The van der Waals surface area contributed by atoms with Crippen LogP contribution in [0.3, 0.4) is 0 Å². The van der Waals surface area contributed by atoms with Gasteiger partial charge in [0.05, 0.1) is 21.7 Å². The zero-order valence-electron chi connectivity index (χ0n) is 12.5. The fourth-order valence-corrected chi connectivity index (χ4v) is 2.87. The SMILES string of the molecule is CC(c1ccccc1)N(CC(N)=O)C(=O)c1c(Cl)cccc1Cl. The van der Waals surface area contributed by atoms with E-state index >= 15 is 0 Å². The van der Waals surface area contributed by atoms with Crippen LogP contribution < -0.4 is 5.73 Å². The molecule has 2 aromatic rings. The van der Waals surface area contributed by atoms with Crippen molar-refractivity contribution in [3.05, 3.63) is 69.7 Å². The Morgan fingerprint density at radius 1 is 1.04 bits per heavy atom. The van der Waals surface area contributed by atoms with E-state index in [1.165, 1.54) is 4.90 Å². The van der Waals surface area contributed by atoms with E-state index in [4.69, 9.17) is 28.9 Å². The second kappa shape index (κ2) is 7.49. The van der Waals surface area contributed by atoms with Gasteiger partial charge in [-0.1, -0.05) is 59.6 Å². The first-order valence-corrected chi connectivity index (χ1v) is 7.75. The van der Waals surface area contributed by atoms with E-state index in [1.807, 2.05) is 37.3 Å². The van der Waals surface area contributed by atoms with Crippen LogP contribution in [0.25, 0.3) is 0 Å². The quantitative estimate of drug-likeness (QED) is 0.893. The normalized spacial score (nSPS) is 11.8. The highest BCUT2D eigenvalue weighted by Gasteiger charge is 2.27. The first kappa shape index (κ1) is 17.3. The molecule has 2 aromatic carbocycles. The molecule has 2 amide bonds. The molecule has 120 valence electrons. The summed E-state index contributed by atoms with van der Waals surface area (Å²) in [7, 11) is 0. The van der Waals surface area contributed by atoms with Gasteiger partial charge in [-0.05, 0) is 24.6 Å². The van der Waals surface area contributed by atoms with E-state index < -0.39 is 11.8 Å². The molecule has 0 aliphatic carbocycles. The Morgan fingerprint density at radius 2 is 1.61 bits per heavy atom. The summed E-state index contributed by atoms with van der Waals surface area (Å²) < 4.78 is 0. The fraction of sp³-hybridized carbons (Fsp3) is 0.176. The van der Waals surface area contributed by atoms with Crippen molar-refractivity contribution in [1.29, 1.82) is 0 Å². The maximum Gasteiger partial charge on any atom is 0.257 e. The summed E-state index contributed by atoms with van der Waals surface area (Å²) >= 11 is 12.2. The molecule has 1 unspecified atom stereocenters. The van der Waals surface area contributed by atoms with Crippen molar-refractivity contribution in [1.82, 2.24) is 4.90 Å². The summed E-state index contributed by atoms with van der Waals surface area (Å²) in [6.07, 6.45) is 0. The number of hydrogen-bond acceptors (Lipinski definition) is 2. The molecule has 0 fully saturated rings. The molecular weight excluding hydrogens is 335 g/mol. The second-order valence-electron chi connectivity index (χ2n) is 5.08. The van der Waals surface area contributed by atoms with Crippen LogP contribution in [0.15, 0.2) is 48.5 Å². The Hall–Kier alpha value is -2.04. The van der Waals surface area contributed by atoms with Gasteiger partial charge in [0.1, 0.15) is 6.54 Å². The summed E-state index contributed by atoms with van der Waals surface area (Å²) in [4.78, 5) is 25.7. The van der Waals surface area contributed by atoms with Gasteiger partial charge in [-0.3, -0.25) is 9.59 Å². The summed E-state index contributed by atoms with van der Waals surface area (Å²) in [6.45, 7) is 1.59. The van der Waals surface area contributed by atoms with Crippen LogP contribution in [0, 0.1) is 0 Å². The average molecular weight is 351 g/mol. The van der Waals surface area contributed by atoms with Gasteiger partial charge >= 0.3 is 0 Å². The van der Waals surface area contributed by atoms with E-state index in [9.17, 15) is 9.59 Å². The minimum absolute atomic E-state index is 0.167. The molecule has 23 heavy (non-hydrogen) atoms. The van der Waals surface area contributed by atoms with Crippen molar-refractivity contribution in [3.63, 3.8) is 0 Å². The monoisotopic (exact) mass is 350 g/mol. The summed E-state index contributed by atoms with van der Waals surface area (Å²) in [5.74, 6) is -1.04. The maximum absolute atomic E-state index is 12.9. The van der Waals surface area contributed by atoms with E-state index in [1.54, 1.807) is 18.2 Å². The number of nitrogens with two attached hydrogens (primary N) is 1. The molecular formula is C17H16Cl2N2O2. The standard InChI is InChI=1S/C17H16Cl2N2O2/c1-11(12-6-3-2-4-7-12)21(10-15(20)22)17(23)16-13(18)8-5-9-14(16)19/h2-9,11H,10H2,1H3,(H2,20,22). The number of carbonyl (C=O) groups is 2. The Bertz CT molecular complexity index is 700. The van der Waals surface area contributed by atoms with Crippen LogP contribution in [0.4, 0.5) is 0 Å². The Morgan fingerprint density at radius 3 is 2.13 bits per heavy atom. The topological polar surface area (TPSA) is 63.4 Å². The summed E-state index contributed by atoms with van der Waals surface area (Å²) in [5.41, 5.74) is 6.35. The molecule has 0 bridgehead atoms. The molecule has 0 spiro atoms. The van der Waals surface area contributed by atoms with Crippen LogP contribution in [-0.2, 0) is 4.79 Å². The molecule has 1 atom stereocenters. The molecule has 0 saturated carbocycles. The molecule has 0 radical (unpaired) electrons. The van der Waals surface area contributed by atoms with Gasteiger partial charge in [0, 0.05) is 0 Å². The molecule has 2 N–H and O–H groups in total. The van der Waals surface area contributed by atoms with Crippen LogP contribution in [0.5, 0.6) is 0 Å². The lowest BCUT2D eigenvalue weighted by molar-refractivity contribution is -0.119. The zero-order chi connectivity index (χ0) is 17.0. The molecule has 6 heteroatoms. The molecule has 0 aliphatic heterocycles. The number of nitrogens with zero attached hydrogens (tertiary/aromatic N) is 1.